The summed E-state index contributed by atoms with van der Waals surface area (Å²) in [6.45, 7) is 0. The van der Waals surface area contributed by atoms with E-state index in [0.717, 1.165) is 16.8 Å². The molecule has 0 bridgehead atoms. The molecule has 0 spiro atoms. The second kappa shape index (κ2) is 4.45. The zero-order chi connectivity index (χ0) is 12.4. The topological polar surface area (TPSA) is 24.9 Å². The zero-order valence-electron chi connectivity index (χ0n) is 9.60. The SMILES string of the molecule is Fc1ccc(Nc2ccncc2)c2ccccc12. The van der Waals surface area contributed by atoms with Crippen LogP contribution in [0.5, 0.6) is 0 Å². The fourth-order valence-electron chi connectivity index (χ4n) is 1.96. The lowest BCUT2D eigenvalue weighted by atomic mass is 10.1. The number of anilines is 2. The van der Waals surface area contributed by atoms with Crippen LogP contribution in [0.4, 0.5) is 15.8 Å². The molecule has 88 valence electrons. The highest BCUT2D eigenvalue weighted by molar-refractivity contribution is 5.95. The van der Waals surface area contributed by atoms with Gasteiger partial charge < -0.3 is 5.32 Å². The number of nitrogens with zero attached hydrogens (tertiary/aromatic N) is 1. The first-order valence-corrected chi connectivity index (χ1v) is 5.69. The van der Waals surface area contributed by atoms with Gasteiger partial charge in [0.2, 0.25) is 0 Å². The summed E-state index contributed by atoms with van der Waals surface area (Å²) >= 11 is 0. The summed E-state index contributed by atoms with van der Waals surface area (Å²) < 4.78 is 13.7. The maximum Gasteiger partial charge on any atom is 0.131 e. The minimum absolute atomic E-state index is 0.203. The third-order valence-corrected chi connectivity index (χ3v) is 2.83. The Morgan fingerprint density at radius 2 is 1.56 bits per heavy atom. The molecule has 0 aliphatic rings. The molecular weight excluding hydrogens is 227 g/mol. The minimum Gasteiger partial charge on any atom is -0.355 e. The normalized spacial score (nSPS) is 10.5. The van der Waals surface area contributed by atoms with Gasteiger partial charge in [-0.3, -0.25) is 4.98 Å². The van der Waals surface area contributed by atoms with Crippen LogP contribution in [0.3, 0.4) is 0 Å². The average Bonchev–Trinajstić information content (AvgIpc) is 2.44. The van der Waals surface area contributed by atoms with E-state index in [4.69, 9.17) is 0 Å². The summed E-state index contributed by atoms with van der Waals surface area (Å²) in [6.07, 6.45) is 3.43. The van der Waals surface area contributed by atoms with Crippen LogP contribution in [0.2, 0.25) is 0 Å². The van der Waals surface area contributed by atoms with Crippen LogP contribution in [-0.2, 0) is 0 Å². The van der Waals surface area contributed by atoms with Crippen LogP contribution >= 0.6 is 0 Å². The van der Waals surface area contributed by atoms with E-state index in [-0.39, 0.29) is 5.82 Å². The van der Waals surface area contributed by atoms with Gasteiger partial charge >= 0.3 is 0 Å². The van der Waals surface area contributed by atoms with Crippen molar-refractivity contribution in [2.24, 2.45) is 0 Å². The maximum absolute atomic E-state index is 13.7. The van der Waals surface area contributed by atoms with Crippen LogP contribution in [0.1, 0.15) is 0 Å². The Balaban J connectivity index is 2.10. The second-order valence-corrected chi connectivity index (χ2v) is 4.00. The first kappa shape index (κ1) is 10.7. The van der Waals surface area contributed by atoms with Crippen molar-refractivity contribution >= 4 is 22.1 Å². The molecule has 2 nitrogen and oxygen atoms in total. The molecule has 1 N–H and O–H groups in total. The quantitative estimate of drug-likeness (QED) is 0.726. The molecule has 3 aromatic rings. The predicted octanol–water partition coefficient (Wildman–Crippen LogP) is 4.12. The highest BCUT2D eigenvalue weighted by Crippen LogP contribution is 2.27. The third-order valence-electron chi connectivity index (χ3n) is 2.83. The van der Waals surface area contributed by atoms with Crippen LogP contribution in [0.15, 0.2) is 60.9 Å². The van der Waals surface area contributed by atoms with Crippen molar-refractivity contribution in [2.75, 3.05) is 5.32 Å². The number of benzene rings is 2. The van der Waals surface area contributed by atoms with Crippen molar-refractivity contribution in [1.82, 2.24) is 4.98 Å². The molecule has 18 heavy (non-hydrogen) atoms. The van der Waals surface area contributed by atoms with E-state index in [0.29, 0.717) is 5.39 Å². The fraction of sp³-hybridized carbons (Fsp3) is 0. The van der Waals surface area contributed by atoms with Gasteiger partial charge in [-0.1, -0.05) is 24.3 Å². The first-order valence-electron chi connectivity index (χ1n) is 5.69. The van der Waals surface area contributed by atoms with Gasteiger partial charge in [0, 0.05) is 34.5 Å². The molecule has 3 heteroatoms. The van der Waals surface area contributed by atoms with Crippen LogP contribution in [0.25, 0.3) is 10.8 Å². The van der Waals surface area contributed by atoms with Gasteiger partial charge in [-0.15, -0.1) is 0 Å². The van der Waals surface area contributed by atoms with E-state index >= 15 is 0 Å². The van der Waals surface area contributed by atoms with Gasteiger partial charge in [-0.05, 0) is 24.3 Å². The summed E-state index contributed by atoms with van der Waals surface area (Å²) in [5.41, 5.74) is 1.82. The molecule has 0 fully saturated rings. The summed E-state index contributed by atoms with van der Waals surface area (Å²) in [5, 5.41) is 4.76. The van der Waals surface area contributed by atoms with E-state index in [1.807, 2.05) is 30.3 Å². The van der Waals surface area contributed by atoms with Crippen molar-refractivity contribution in [1.29, 1.82) is 0 Å². The highest BCUT2D eigenvalue weighted by Gasteiger charge is 2.05. The number of hydrogen-bond donors (Lipinski definition) is 1. The Labute approximate surface area is 104 Å². The largest absolute Gasteiger partial charge is 0.355 e. The van der Waals surface area contributed by atoms with Crippen LogP contribution in [0, 0.1) is 5.82 Å². The number of fused-ring (bicyclic) bond motifs is 1. The summed E-state index contributed by atoms with van der Waals surface area (Å²) in [6, 6.07) is 14.4. The van der Waals surface area contributed by atoms with E-state index in [1.54, 1.807) is 24.5 Å². The summed E-state index contributed by atoms with van der Waals surface area (Å²) in [5.74, 6) is -0.203. The van der Waals surface area contributed by atoms with Crippen molar-refractivity contribution in [3.05, 3.63) is 66.7 Å². The molecule has 1 aromatic heterocycles. The molecule has 0 amide bonds. The lowest BCUT2D eigenvalue weighted by Crippen LogP contribution is -1.92. The Morgan fingerprint density at radius 1 is 0.833 bits per heavy atom. The Kier molecular flexibility index (Phi) is 2.65. The molecule has 0 aliphatic carbocycles. The van der Waals surface area contributed by atoms with E-state index in [1.165, 1.54) is 6.07 Å². The standard InChI is InChI=1S/C15H11FN2/c16-14-5-6-15(13-4-2-1-3-12(13)14)18-11-7-9-17-10-8-11/h1-10H,(H,17,18). The number of halogens is 1. The summed E-state index contributed by atoms with van der Waals surface area (Å²) in [4.78, 5) is 3.96. The van der Waals surface area contributed by atoms with Crippen molar-refractivity contribution < 1.29 is 4.39 Å². The van der Waals surface area contributed by atoms with Gasteiger partial charge in [-0.25, -0.2) is 4.39 Å². The zero-order valence-corrected chi connectivity index (χ0v) is 9.60. The summed E-state index contributed by atoms with van der Waals surface area (Å²) in [7, 11) is 0. The molecule has 0 radical (unpaired) electrons. The molecule has 0 saturated heterocycles. The van der Waals surface area contributed by atoms with Crippen molar-refractivity contribution in [3.63, 3.8) is 0 Å². The van der Waals surface area contributed by atoms with Crippen molar-refractivity contribution in [3.8, 4) is 0 Å². The lowest BCUT2D eigenvalue weighted by Gasteiger charge is -2.10. The molecule has 0 atom stereocenters. The van der Waals surface area contributed by atoms with Gasteiger partial charge in [0.1, 0.15) is 5.82 Å². The van der Waals surface area contributed by atoms with Gasteiger partial charge in [0.15, 0.2) is 0 Å². The second-order valence-electron chi connectivity index (χ2n) is 4.00. The first-order chi connectivity index (χ1) is 8.84. The van der Waals surface area contributed by atoms with Gasteiger partial charge in [-0.2, -0.15) is 0 Å². The predicted molar refractivity (Wildman–Crippen MR) is 71.4 cm³/mol. The van der Waals surface area contributed by atoms with Crippen molar-refractivity contribution in [2.45, 2.75) is 0 Å². The van der Waals surface area contributed by atoms with Gasteiger partial charge in [0.05, 0.1) is 0 Å². The number of rotatable bonds is 2. The van der Waals surface area contributed by atoms with E-state index in [9.17, 15) is 4.39 Å². The third kappa shape index (κ3) is 1.91. The number of aromatic nitrogens is 1. The van der Waals surface area contributed by atoms with E-state index in [2.05, 4.69) is 10.3 Å². The molecule has 3 rings (SSSR count). The number of nitrogens with one attached hydrogen (secondary N) is 1. The smallest absolute Gasteiger partial charge is 0.131 e. The molecule has 1 heterocycles. The average molecular weight is 238 g/mol. The molecule has 2 aromatic carbocycles. The Morgan fingerprint density at radius 3 is 2.33 bits per heavy atom. The molecule has 0 aliphatic heterocycles. The monoisotopic (exact) mass is 238 g/mol. The molecule has 0 saturated carbocycles. The maximum atomic E-state index is 13.7. The molecular formula is C15H11FN2. The minimum atomic E-state index is -0.203. The number of hydrogen-bond acceptors (Lipinski definition) is 2. The number of pyridine rings is 1. The lowest BCUT2D eigenvalue weighted by molar-refractivity contribution is 0.640. The Bertz CT molecular complexity index is 680. The highest BCUT2D eigenvalue weighted by atomic mass is 19.1. The van der Waals surface area contributed by atoms with E-state index < -0.39 is 0 Å². The molecule has 0 unspecified atom stereocenters. The fourth-order valence-corrected chi connectivity index (χ4v) is 1.96. The van der Waals surface area contributed by atoms with Crippen LogP contribution in [-0.4, -0.2) is 4.98 Å². The van der Waals surface area contributed by atoms with Crippen LogP contribution < -0.4 is 5.32 Å². The van der Waals surface area contributed by atoms with Gasteiger partial charge in [0.25, 0.3) is 0 Å². The Hall–Kier alpha value is -2.42.